The molecule has 1 amide bonds. The summed E-state index contributed by atoms with van der Waals surface area (Å²) in [6, 6.07) is 10.5. The Bertz CT molecular complexity index is 1110. The molecule has 0 fully saturated rings. The number of nitrogens with zero attached hydrogens (tertiary/aromatic N) is 3. The van der Waals surface area contributed by atoms with Gasteiger partial charge in [0.15, 0.2) is 6.10 Å². The van der Waals surface area contributed by atoms with E-state index in [9.17, 15) is 13.2 Å². The number of rotatable bonds is 5. The van der Waals surface area contributed by atoms with Crippen molar-refractivity contribution in [1.82, 2.24) is 15.5 Å². The van der Waals surface area contributed by atoms with Crippen molar-refractivity contribution in [1.29, 1.82) is 0 Å². The zero-order chi connectivity index (χ0) is 20.4. The van der Waals surface area contributed by atoms with Crippen molar-refractivity contribution in [3.63, 3.8) is 0 Å². The van der Waals surface area contributed by atoms with E-state index in [1.165, 1.54) is 15.6 Å². The van der Waals surface area contributed by atoms with Gasteiger partial charge < -0.3 is 14.6 Å². The third-order valence-electron chi connectivity index (χ3n) is 4.31. The molecule has 0 bridgehead atoms. The summed E-state index contributed by atoms with van der Waals surface area (Å²) in [5.41, 5.74) is 0.419. The van der Waals surface area contributed by atoms with Gasteiger partial charge in [-0.1, -0.05) is 23.4 Å². The molecule has 0 unspecified atom stereocenters. The lowest BCUT2D eigenvalue weighted by Gasteiger charge is -2.20. The number of hydrogen-bond donors (Lipinski definition) is 1. The molecular weight excluding hydrogens is 416 g/mol. The smallest absolute Gasteiger partial charge is 0.261 e. The molecule has 0 radical (unpaired) electrons. The highest BCUT2D eigenvalue weighted by atomic mass is 32.2. The van der Waals surface area contributed by atoms with E-state index in [1.807, 2.05) is 17.5 Å². The normalized spacial score (nSPS) is 16.6. The monoisotopic (exact) mass is 434 g/mol. The first-order valence-electron chi connectivity index (χ1n) is 8.79. The third kappa shape index (κ3) is 4.25. The number of thiophene rings is 1. The average molecular weight is 434 g/mol. The summed E-state index contributed by atoms with van der Waals surface area (Å²) < 4.78 is 36.5. The van der Waals surface area contributed by atoms with E-state index in [2.05, 4.69) is 15.5 Å². The lowest BCUT2D eigenvalue weighted by molar-refractivity contribution is -0.128. The van der Waals surface area contributed by atoms with Gasteiger partial charge in [0, 0.05) is 13.0 Å². The van der Waals surface area contributed by atoms with Crippen LogP contribution in [0, 0.1) is 0 Å². The number of amides is 1. The standard InChI is InChI=1S/C18H18N4O5S2/c1-29(24,25)22-9-8-14(26-13-6-3-2-5-12(13)22)18(23)19-11-16-20-17(21-27-16)15-7-4-10-28-15/h2-7,10,14H,8-9,11H2,1H3,(H,19,23)/t14-/m1/s1. The van der Waals surface area contributed by atoms with Crippen LogP contribution in [0.1, 0.15) is 12.3 Å². The molecule has 9 nitrogen and oxygen atoms in total. The Hall–Kier alpha value is -2.92. The molecule has 1 aliphatic heterocycles. The van der Waals surface area contributed by atoms with Crippen molar-refractivity contribution in [3.05, 3.63) is 47.7 Å². The second kappa shape index (κ2) is 7.84. The molecule has 0 spiro atoms. The van der Waals surface area contributed by atoms with E-state index in [0.717, 1.165) is 11.1 Å². The van der Waals surface area contributed by atoms with Gasteiger partial charge in [0.1, 0.15) is 5.75 Å². The Morgan fingerprint density at radius 1 is 1.31 bits per heavy atom. The van der Waals surface area contributed by atoms with Crippen molar-refractivity contribution in [2.24, 2.45) is 0 Å². The highest BCUT2D eigenvalue weighted by molar-refractivity contribution is 7.92. The van der Waals surface area contributed by atoms with Crippen molar-refractivity contribution in [3.8, 4) is 16.5 Å². The zero-order valence-electron chi connectivity index (χ0n) is 15.4. The van der Waals surface area contributed by atoms with E-state index in [4.69, 9.17) is 9.26 Å². The fraction of sp³-hybridized carbons (Fsp3) is 0.278. The number of sulfonamides is 1. The van der Waals surface area contributed by atoms with E-state index < -0.39 is 16.1 Å². The number of benzene rings is 1. The maximum atomic E-state index is 12.6. The maximum Gasteiger partial charge on any atom is 0.261 e. The van der Waals surface area contributed by atoms with Crippen LogP contribution in [0.5, 0.6) is 5.75 Å². The molecule has 0 saturated carbocycles. The molecule has 1 aliphatic rings. The summed E-state index contributed by atoms with van der Waals surface area (Å²) >= 11 is 1.49. The van der Waals surface area contributed by atoms with E-state index in [0.29, 0.717) is 17.3 Å². The van der Waals surface area contributed by atoms with Crippen LogP contribution in [-0.4, -0.2) is 43.4 Å². The molecule has 152 valence electrons. The Morgan fingerprint density at radius 2 is 2.14 bits per heavy atom. The van der Waals surface area contributed by atoms with Crippen LogP contribution in [-0.2, 0) is 21.4 Å². The summed E-state index contributed by atoms with van der Waals surface area (Å²) in [5, 5.41) is 8.52. The number of carbonyl (C=O) groups is 1. The first kappa shape index (κ1) is 19.4. The lowest BCUT2D eigenvalue weighted by atomic mass is 10.2. The Morgan fingerprint density at radius 3 is 2.90 bits per heavy atom. The van der Waals surface area contributed by atoms with Gasteiger partial charge in [-0.05, 0) is 23.6 Å². The van der Waals surface area contributed by atoms with Gasteiger partial charge in [-0.15, -0.1) is 11.3 Å². The SMILES string of the molecule is CS(=O)(=O)N1CC[C@H](C(=O)NCc2nc(-c3cccs3)no2)Oc2ccccc21. The van der Waals surface area contributed by atoms with Gasteiger partial charge in [-0.3, -0.25) is 9.10 Å². The molecule has 11 heteroatoms. The third-order valence-corrected chi connectivity index (χ3v) is 6.36. The molecule has 2 aromatic heterocycles. The minimum absolute atomic E-state index is 0.0501. The van der Waals surface area contributed by atoms with Crippen LogP contribution in [0.2, 0.25) is 0 Å². The van der Waals surface area contributed by atoms with Gasteiger partial charge >= 0.3 is 0 Å². The largest absolute Gasteiger partial charge is 0.478 e. The molecule has 0 aliphatic carbocycles. The molecule has 1 atom stereocenters. The Balaban J connectivity index is 1.44. The van der Waals surface area contributed by atoms with Crippen LogP contribution in [0.4, 0.5) is 5.69 Å². The molecule has 1 N–H and O–H groups in total. The van der Waals surface area contributed by atoms with Gasteiger partial charge in [-0.2, -0.15) is 4.98 Å². The number of carbonyl (C=O) groups excluding carboxylic acids is 1. The van der Waals surface area contributed by atoms with Crippen LogP contribution in [0.15, 0.2) is 46.3 Å². The molecule has 3 heterocycles. The zero-order valence-corrected chi connectivity index (χ0v) is 17.1. The summed E-state index contributed by atoms with van der Waals surface area (Å²) in [4.78, 5) is 17.8. The second-order valence-corrected chi connectivity index (χ2v) is 9.26. The quantitative estimate of drug-likeness (QED) is 0.653. The minimum atomic E-state index is -3.50. The van der Waals surface area contributed by atoms with Crippen molar-refractivity contribution in [2.75, 3.05) is 17.1 Å². The predicted octanol–water partition coefficient (Wildman–Crippen LogP) is 2.03. The molecule has 3 aromatic rings. The number of hydrogen-bond acceptors (Lipinski definition) is 8. The molecular formula is C18H18N4O5S2. The number of nitrogens with one attached hydrogen (secondary N) is 1. The molecule has 0 saturated heterocycles. The van der Waals surface area contributed by atoms with E-state index in [-0.39, 0.29) is 31.3 Å². The van der Waals surface area contributed by atoms with Crippen LogP contribution < -0.4 is 14.4 Å². The number of anilines is 1. The highest BCUT2D eigenvalue weighted by Crippen LogP contribution is 2.33. The number of para-hydroxylation sites is 2. The van der Waals surface area contributed by atoms with Gasteiger partial charge in [0.2, 0.25) is 21.7 Å². The van der Waals surface area contributed by atoms with Gasteiger partial charge in [0.25, 0.3) is 5.91 Å². The minimum Gasteiger partial charge on any atom is -0.478 e. The van der Waals surface area contributed by atoms with Crippen molar-refractivity contribution < 1.29 is 22.5 Å². The van der Waals surface area contributed by atoms with E-state index >= 15 is 0 Å². The van der Waals surface area contributed by atoms with Crippen LogP contribution in [0.3, 0.4) is 0 Å². The average Bonchev–Trinajstić information content (AvgIpc) is 3.33. The Kier molecular flexibility index (Phi) is 5.24. The molecule has 1 aromatic carbocycles. The fourth-order valence-corrected chi connectivity index (χ4v) is 4.56. The van der Waals surface area contributed by atoms with Gasteiger partial charge in [-0.25, -0.2) is 8.42 Å². The summed E-state index contributed by atoms with van der Waals surface area (Å²) in [6.07, 6.45) is 0.491. The first-order chi connectivity index (χ1) is 13.9. The lowest BCUT2D eigenvalue weighted by Crippen LogP contribution is -2.39. The van der Waals surface area contributed by atoms with E-state index in [1.54, 1.807) is 24.3 Å². The van der Waals surface area contributed by atoms with Crippen LogP contribution in [0.25, 0.3) is 10.7 Å². The Labute approximate surface area is 171 Å². The van der Waals surface area contributed by atoms with Crippen molar-refractivity contribution in [2.45, 2.75) is 19.1 Å². The predicted molar refractivity (Wildman–Crippen MR) is 107 cm³/mol. The maximum absolute atomic E-state index is 12.6. The van der Waals surface area contributed by atoms with Crippen molar-refractivity contribution >= 4 is 33.0 Å². The number of ether oxygens (including phenoxy) is 1. The first-order valence-corrected chi connectivity index (χ1v) is 11.5. The summed E-state index contributed by atoms with van der Waals surface area (Å²) in [6.45, 7) is 0.186. The fourth-order valence-electron chi connectivity index (χ4n) is 2.97. The topological polar surface area (TPSA) is 115 Å². The number of aromatic nitrogens is 2. The van der Waals surface area contributed by atoms with Crippen LogP contribution >= 0.6 is 11.3 Å². The highest BCUT2D eigenvalue weighted by Gasteiger charge is 2.31. The second-order valence-electron chi connectivity index (χ2n) is 6.40. The summed E-state index contributed by atoms with van der Waals surface area (Å²) in [7, 11) is -3.50. The van der Waals surface area contributed by atoms with Gasteiger partial charge in [0.05, 0.1) is 23.4 Å². The molecule has 4 rings (SSSR count). The molecule has 29 heavy (non-hydrogen) atoms. The number of fused-ring (bicyclic) bond motifs is 1. The summed E-state index contributed by atoms with van der Waals surface area (Å²) in [5.74, 6) is 0.695.